The number of hydrogen-bond acceptors (Lipinski definition) is 3. The highest BCUT2D eigenvalue weighted by Gasteiger charge is 2.38. The molecule has 1 saturated heterocycles. The molecule has 12 heavy (non-hydrogen) atoms. The monoisotopic (exact) mass is 188 g/mol. The SMILES string of the molecule is CC(=O)C1CNC(=S)NC1(C)O. The second kappa shape index (κ2) is 2.99. The second-order valence-electron chi connectivity index (χ2n) is 3.15. The van der Waals surface area contributed by atoms with Gasteiger partial charge in [0.1, 0.15) is 11.5 Å². The quantitative estimate of drug-likeness (QED) is 0.479. The van der Waals surface area contributed by atoms with Crippen molar-refractivity contribution in [1.82, 2.24) is 10.6 Å². The number of ketones is 1. The molecule has 2 atom stereocenters. The van der Waals surface area contributed by atoms with Gasteiger partial charge in [0.15, 0.2) is 5.11 Å². The fraction of sp³-hybridized carbons (Fsp3) is 0.714. The van der Waals surface area contributed by atoms with Crippen LogP contribution in [-0.2, 0) is 4.79 Å². The zero-order valence-electron chi connectivity index (χ0n) is 7.05. The fourth-order valence-electron chi connectivity index (χ4n) is 1.29. The Morgan fingerprint density at radius 3 is 2.83 bits per heavy atom. The molecule has 1 rings (SSSR count). The molecule has 1 heterocycles. The number of hydrogen-bond donors (Lipinski definition) is 3. The van der Waals surface area contributed by atoms with E-state index in [1.807, 2.05) is 0 Å². The third-order valence-electron chi connectivity index (χ3n) is 2.00. The van der Waals surface area contributed by atoms with Crippen molar-refractivity contribution in [2.24, 2.45) is 5.92 Å². The average molecular weight is 188 g/mol. The lowest BCUT2D eigenvalue weighted by atomic mass is 9.92. The molecule has 5 heteroatoms. The van der Waals surface area contributed by atoms with Gasteiger partial charge in [-0.05, 0) is 26.1 Å². The molecule has 0 spiro atoms. The first-order valence-corrected chi connectivity index (χ1v) is 4.13. The molecule has 1 aliphatic heterocycles. The maximum Gasteiger partial charge on any atom is 0.168 e. The first-order valence-electron chi connectivity index (χ1n) is 3.72. The number of aliphatic hydroxyl groups is 1. The van der Waals surface area contributed by atoms with Crippen molar-refractivity contribution in [3.8, 4) is 0 Å². The van der Waals surface area contributed by atoms with Crippen LogP contribution in [0.5, 0.6) is 0 Å². The van der Waals surface area contributed by atoms with Crippen molar-refractivity contribution in [1.29, 1.82) is 0 Å². The number of thiocarbonyl (C=S) groups is 1. The predicted octanol–water partition coefficient (Wildman–Crippen LogP) is -0.622. The highest BCUT2D eigenvalue weighted by molar-refractivity contribution is 7.80. The zero-order chi connectivity index (χ0) is 9.35. The Bertz CT molecular complexity index is 227. The maximum absolute atomic E-state index is 11.0. The van der Waals surface area contributed by atoms with Gasteiger partial charge in [0.05, 0.1) is 5.92 Å². The van der Waals surface area contributed by atoms with Crippen LogP contribution >= 0.6 is 12.2 Å². The van der Waals surface area contributed by atoms with Crippen LogP contribution in [-0.4, -0.2) is 28.3 Å². The van der Waals surface area contributed by atoms with Crippen molar-refractivity contribution < 1.29 is 9.90 Å². The highest BCUT2D eigenvalue weighted by atomic mass is 32.1. The largest absolute Gasteiger partial charge is 0.370 e. The van der Waals surface area contributed by atoms with Crippen molar-refractivity contribution >= 4 is 23.1 Å². The van der Waals surface area contributed by atoms with Crippen molar-refractivity contribution in [3.05, 3.63) is 0 Å². The Kier molecular flexibility index (Phi) is 2.34. The molecule has 3 N–H and O–H groups in total. The van der Waals surface area contributed by atoms with Crippen molar-refractivity contribution in [2.45, 2.75) is 19.6 Å². The summed E-state index contributed by atoms with van der Waals surface area (Å²) in [6.07, 6.45) is 0. The smallest absolute Gasteiger partial charge is 0.168 e. The Morgan fingerprint density at radius 2 is 2.42 bits per heavy atom. The molecule has 0 aromatic heterocycles. The van der Waals surface area contributed by atoms with E-state index in [2.05, 4.69) is 10.6 Å². The molecule has 0 aromatic rings. The van der Waals surface area contributed by atoms with Crippen LogP contribution in [0.25, 0.3) is 0 Å². The molecule has 2 unspecified atom stereocenters. The summed E-state index contributed by atoms with van der Waals surface area (Å²) < 4.78 is 0. The summed E-state index contributed by atoms with van der Waals surface area (Å²) in [6.45, 7) is 3.40. The minimum Gasteiger partial charge on any atom is -0.370 e. The van der Waals surface area contributed by atoms with E-state index in [4.69, 9.17) is 12.2 Å². The van der Waals surface area contributed by atoms with Crippen LogP contribution in [0.15, 0.2) is 0 Å². The minimum atomic E-state index is -1.21. The molecule has 1 aliphatic rings. The number of Topliss-reactive ketones (excluding diaryl/α,β-unsaturated/α-hetero) is 1. The second-order valence-corrected chi connectivity index (χ2v) is 3.55. The molecular weight excluding hydrogens is 176 g/mol. The van der Waals surface area contributed by atoms with Crippen molar-refractivity contribution in [2.75, 3.05) is 6.54 Å². The van der Waals surface area contributed by atoms with Gasteiger partial charge < -0.3 is 15.7 Å². The van der Waals surface area contributed by atoms with Crippen LogP contribution in [0.4, 0.5) is 0 Å². The lowest BCUT2D eigenvalue weighted by molar-refractivity contribution is -0.130. The van der Waals surface area contributed by atoms with Crippen LogP contribution in [0, 0.1) is 5.92 Å². The lowest BCUT2D eigenvalue weighted by Gasteiger charge is -2.37. The molecule has 68 valence electrons. The van der Waals surface area contributed by atoms with Gasteiger partial charge in [-0.25, -0.2) is 0 Å². The molecule has 0 radical (unpaired) electrons. The summed E-state index contributed by atoms with van der Waals surface area (Å²) in [6, 6.07) is 0. The Hall–Kier alpha value is -0.680. The molecule has 0 aromatic carbocycles. The normalized spacial score (nSPS) is 35.2. The zero-order valence-corrected chi connectivity index (χ0v) is 7.86. The summed E-state index contributed by atoms with van der Waals surface area (Å²) >= 11 is 4.80. The van der Waals surface area contributed by atoms with E-state index in [1.54, 1.807) is 6.92 Å². The van der Waals surface area contributed by atoms with Gasteiger partial charge in [-0.2, -0.15) is 0 Å². The Morgan fingerprint density at radius 1 is 1.83 bits per heavy atom. The van der Waals surface area contributed by atoms with E-state index >= 15 is 0 Å². The van der Waals surface area contributed by atoms with E-state index in [9.17, 15) is 9.90 Å². The first-order chi connectivity index (χ1) is 5.43. The Labute approximate surface area is 76.3 Å². The standard InChI is InChI=1S/C7H12N2O2S/c1-4(10)5-3-8-6(12)9-7(5,2)11/h5,11H,3H2,1-2H3,(H2,8,9,12). The number of carbonyl (C=O) groups is 1. The van der Waals surface area contributed by atoms with Crippen LogP contribution in [0.2, 0.25) is 0 Å². The lowest BCUT2D eigenvalue weighted by Crippen LogP contribution is -2.64. The number of nitrogens with one attached hydrogen (secondary N) is 2. The van der Waals surface area contributed by atoms with E-state index in [-0.39, 0.29) is 5.78 Å². The molecule has 0 amide bonds. The maximum atomic E-state index is 11.0. The summed E-state index contributed by atoms with van der Waals surface area (Å²) in [4.78, 5) is 11.0. The molecule has 0 bridgehead atoms. The number of rotatable bonds is 1. The molecule has 0 saturated carbocycles. The highest BCUT2D eigenvalue weighted by Crippen LogP contribution is 2.17. The van der Waals surface area contributed by atoms with E-state index in [0.29, 0.717) is 11.7 Å². The van der Waals surface area contributed by atoms with E-state index < -0.39 is 11.6 Å². The summed E-state index contributed by atoms with van der Waals surface area (Å²) in [5.41, 5.74) is -1.21. The van der Waals surface area contributed by atoms with Gasteiger partial charge in [-0.1, -0.05) is 0 Å². The third kappa shape index (κ3) is 1.73. The van der Waals surface area contributed by atoms with Crippen LogP contribution < -0.4 is 10.6 Å². The molecule has 1 fully saturated rings. The fourth-order valence-corrected chi connectivity index (χ4v) is 1.58. The predicted molar refractivity (Wildman–Crippen MR) is 48.5 cm³/mol. The van der Waals surface area contributed by atoms with Gasteiger partial charge in [-0.3, -0.25) is 4.79 Å². The first kappa shape index (κ1) is 9.41. The van der Waals surface area contributed by atoms with E-state index in [1.165, 1.54) is 6.92 Å². The van der Waals surface area contributed by atoms with Gasteiger partial charge in [0, 0.05) is 6.54 Å². The van der Waals surface area contributed by atoms with Crippen LogP contribution in [0.1, 0.15) is 13.8 Å². The Balaban J connectivity index is 2.77. The molecule has 0 aliphatic carbocycles. The summed E-state index contributed by atoms with van der Waals surface area (Å²) in [5, 5.41) is 15.6. The minimum absolute atomic E-state index is 0.0532. The van der Waals surface area contributed by atoms with Gasteiger partial charge in [0.2, 0.25) is 0 Å². The summed E-state index contributed by atoms with van der Waals surface area (Å²) in [5.74, 6) is -0.494. The van der Waals surface area contributed by atoms with Gasteiger partial charge in [0.25, 0.3) is 0 Å². The van der Waals surface area contributed by atoms with E-state index in [0.717, 1.165) is 0 Å². The molecular formula is C7H12N2O2S. The van der Waals surface area contributed by atoms with Crippen molar-refractivity contribution in [3.63, 3.8) is 0 Å². The number of carbonyl (C=O) groups excluding carboxylic acids is 1. The van der Waals surface area contributed by atoms with Gasteiger partial charge >= 0.3 is 0 Å². The molecule has 4 nitrogen and oxygen atoms in total. The topological polar surface area (TPSA) is 61.4 Å². The third-order valence-corrected chi connectivity index (χ3v) is 2.25. The van der Waals surface area contributed by atoms with Gasteiger partial charge in [-0.15, -0.1) is 0 Å². The summed E-state index contributed by atoms with van der Waals surface area (Å²) in [7, 11) is 0. The average Bonchev–Trinajstić information content (AvgIpc) is 1.82. The van der Waals surface area contributed by atoms with Crippen LogP contribution in [0.3, 0.4) is 0 Å².